The van der Waals surface area contributed by atoms with Crippen molar-refractivity contribution >= 4 is 16.6 Å². The number of rotatable bonds is 5. The highest BCUT2D eigenvalue weighted by Crippen LogP contribution is 2.28. The fraction of sp³-hybridized carbons (Fsp3) is 0.167. The number of nitrogens with two attached hydrogens (primary N) is 1. The number of anilines is 1. The minimum absolute atomic E-state index is 0.568. The van der Waals surface area contributed by atoms with Gasteiger partial charge in [-0.2, -0.15) is 0 Å². The van der Waals surface area contributed by atoms with Gasteiger partial charge in [0, 0.05) is 30.7 Å². The Kier molecular flexibility index (Phi) is 4.21. The number of aromatic nitrogens is 1. The zero-order valence-electron chi connectivity index (χ0n) is 12.5. The first-order chi connectivity index (χ1) is 10.8. The molecule has 1 heterocycles. The number of nitrogens with zero attached hydrogens (tertiary/aromatic N) is 1. The van der Waals surface area contributed by atoms with Crippen molar-refractivity contribution in [3.05, 3.63) is 65.9 Å². The van der Waals surface area contributed by atoms with E-state index >= 15 is 0 Å². The Bertz CT molecular complexity index is 769. The quantitative estimate of drug-likeness (QED) is 0.757. The highest BCUT2D eigenvalue weighted by Gasteiger charge is 2.05. The zero-order chi connectivity index (χ0) is 15.4. The first-order valence-electron chi connectivity index (χ1n) is 7.24. The van der Waals surface area contributed by atoms with Crippen LogP contribution in [0.25, 0.3) is 10.9 Å². The van der Waals surface area contributed by atoms with Crippen LogP contribution in [0.15, 0.2) is 54.7 Å². The molecule has 22 heavy (non-hydrogen) atoms. The molecule has 3 aromatic rings. The van der Waals surface area contributed by atoms with Gasteiger partial charge in [0.1, 0.15) is 5.75 Å². The van der Waals surface area contributed by atoms with Gasteiger partial charge in [-0.3, -0.25) is 4.98 Å². The molecule has 0 aliphatic carbocycles. The Labute approximate surface area is 129 Å². The summed E-state index contributed by atoms with van der Waals surface area (Å²) in [6.45, 7) is 1.29. The van der Waals surface area contributed by atoms with Crippen LogP contribution in [-0.4, -0.2) is 12.1 Å². The maximum atomic E-state index is 5.62. The molecule has 0 fully saturated rings. The molecule has 0 bridgehead atoms. The van der Waals surface area contributed by atoms with Crippen LogP contribution < -0.4 is 15.8 Å². The predicted octanol–water partition coefficient (Wildman–Crippen LogP) is 3.31. The lowest BCUT2D eigenvalue weighted by Crippen LogP contribution is -2.02. The van der Waals surface area contributed by atoms with Gasteiger partial charge < -0.3 is 15.8 Å². The third kappa shape index (κ3) is 3.02. The molecule has 3 N–H and O–H groups in total. The summed E-state index contributed by atoms with van der Waals surface area (Å²) in [5, 5.41) is 4.50. The third-order valence-electron chi connectivity index (χ3n) is 3.66. The molecular formula is C18H19N3O. The molecule has 0 atom stereocenters. The molecule has 0 spiro atoms. The summed E-state index contributed by atoms with van der Waals surface area (Å²) >= 11 is 0. The highest BCUT2D eigenvalue weighted by atomic mass is 16.5. The molecule has 2 aromatic carbocycles. The standard InChI is InChI=1S/C18H19N3O/c1-22-16-9-15-3-2-8-20-18(15)17(10-16)21-12-14-6-4-13(11-19)5-7-14/h2-10,21H,11-12,19H2,1H3. The number of benzene rings is 2. The Morgan fingerprint density at radius 3 is 2.59 bits per heavy atom. The Hall–Kier alpha value is -2.59. The van der Waals surface area contributed by atoms with Crippen molar-refractivity contribution in [2.24, 2.45) is 5.73 Å². The molecule has 3 rings (SSSR count). The SMILES string of the molecule is COc1cc(NCc2ccc(CN)cc2)c2ncccc2c1. The van der Waals surface area contributed by atoms with Gasteiger partial charge in [0.2, 0.25) is 0 Å². The maximum absolute atomic E-state index is 5.62. The Morgan fingerprint density at radius 2 is 1.86 bits per heavy atom. The molecule has 0 aliphatic heterocycles. The first kappa shape index (κ1) is 14.4. The largest absolute Gasteiger partial charge is 0.497 e. The molecule has 0 saturated heterocycles. The number of nitrogens with one attached hydrogen (secondary N) is 1. The molecule has 4 nitrogen and oxygen atoms in total. The average Bonchev–Trinajstić information content (AvgIpc) is 2.59. The van der Waals surface area contributed by atoms with E-state index in [2.05, 4.69) is 34.6 Å². The topological polar surface area (TPSA) is 60.2 Å². The van der Waals surface area contributed by atoms with E-state index in [9.17, 15) is 0 Å². The number of hydrogen-bond donors (Lipinski definition) is 2. The summed E-state index contributed by atoms with van der Waals surface area (Å²) in [5.74, 6) is 0.821. The van der Waals surface area contributed by atoms with Crippen LogP contribution in [0, 0.1) is 0 Å². The van der Waals surface area contributed by atoms with Crippen LogP contribution in [0.3, 0.4) is 0 Å². The first-order valence-corrected chi connectivity index (χ1v) is 7.24. The molecule has 0 amide bonds. The monoisotopic (exact) mass is 293 g/mol. The predicted molar refractivity (Wildman–Crippen MR) is 90.0 cm³/mol. The number of fused-ring (bicyclic) bond motifs is 1. The van der Waals surface area contributed by atoms with Gasteiger partial charge in [-0.05, 0) is 23.3 Å². The van der Waals surface area contributed by atoms with Crippen molar-refractivity contribution in [2.75, 3.05) is 12.4 Å². The van der Waals surface area contributed by atoms with Crippen LogP contribution in [0.5, 0.6) is 5.75 Å². The van der Waals surface area contributed by atoms with Crippen molar-refractivity contribution in [1.82, 2.24) is 4.98 Å². The second kappa shape index (κ2) is 6.45. The normalized spacial score (nSPS) is 10.6. The summed E-state index contributed by atoms with van der Waals surface area (Å²) in [7, 11) is 1.67. The summed E-state index contributed by atoms with van der Waals surface area (Å²) in [5.41, 5.74) is 9.87. The molecule has 0 saturated carbocycles. The summed E-state index contributed by atoms with van der Waals surface area (Å²) in [6.07, 6.45) is 1.80. The van der Waals surface area contributed by atoms with Gasteiger partial charge in [-0.25, -0.2) is 0 Å². The Morgan fingerprint density at radius 1 is 1.09 bits per heavy atom. The van der Waals surface area contributed by atoms with E-state index in [1.165, 1.54) is 5.56 Å². The van der Waals surface area contributed by atoms with Crippen molar-refractivity contribution in [3.8, 4) is 5.75 Å². The lowest BCUT2D eigenvalue weighted by Gasteiger charge is -2.11. The van der Waals surface area contributed by atoms with Crippen molar-refractivity contribution in [2.45, 2.75) is 13.1 Å². The highest BCUT2D eigenvalue weighted by molar-refractivity contribution is 5.91. The van der Waals surface area contributed by atoms with Gasteiger partial charge >= 0.3 is 0 Å². The lowest BCUT2D eigenvalue weighted by molar-refractivity contribution is 0.415. The van der Waals surface area contributed by atoms with Crippen molar-refractivity contribution in [3.63, 3.8) is 0 Å². The van der Waals surface area contributed by atoms with Gasteiger partial charge in [-0.1, -0.05) is 30.3 Å². The van der Waals surface area contributed by atoms with E-state index in [-0.39, 0.29) is 0 Å². The molecule has 0 radical (unpaired) electrons. The number of hydrogen-bond acceptors (Lipinski definition) is 4. The average molecular weight is 293 g/mol. The van der Waals surface area contributed by atoms with E-state index in [0.717, 1.165) is 34.4 Å². The van der Waals surface area contributed by atoms with Crippen molar-refractivity contribution in [1.29, 1.82) is 0 Å². The summed E-state index contributed by atoms with van der Waals surface area (Å²) in [4.78, 5) is 4.46. The molecule has 4 heteroatoms. The van der Waals surface area contributed by atoms with Gasteiger partial charge in [0.15, 0.2) is 0 Å². The molecule has 112 valence electrons. The third-order valence-corrected chi connectivity index (χ3v) is 3.66. The minimum Gasteiger partial charge on any atom is -0.497 e. The van der Waals surface area contributed by atoms with Crippen LogP contribution in [0.4, 0.5) is 5.69 Å². The molecule has 1 aromatic heterocycles. The van der Waals surface area contributed by atoms with Gasteiger partial charge in [0.25, 0.3) is 0 Å². The van der Waals surface area contributed by atoms with E-state index in [0.29, 0.717) is 6.54 Å². The molecule has 0 aliphatic rings. The molecule has 0 unspecified atom stereocenters. The van der Waals surface area contributed by atoms with Crippen molar-refractivity contribution < 1.29 is 4.74 Å². The fourth-order valence-electron chi connectivity index (χ4n) is 2.41. The number of ether oxygens (including phenoxy) is 1. The smallest absolute Gasteiger partial charge is 0.121 e. The second-order valence-electron chi connectivity index (χ2n) is 5.12. The molecular weight excluding hydrogens is 274 g/mol. The fourth-order valence-corrected chi connectivity index (χ4v) is 2.41. The number of methoxy groups -OCH3 is 1. The maximum Gasteiger partial charge on any atom is 0.121 e. The van der Waals surface area contributed by atoms with E-state index in [4.69, 9.17) is 10.5 Å². The zero-order valence-corrected chi connectivity index (χ0v) is 12.5. The van der Waals surface area contributed by atoms with E-state index < -0.39 is 0 Å². The minimum atomic E-state index is 0.568. The van der Waals surface area contributed by atoms with E-state index in [1.54, 1.807) is 13.3 Å². The Balaban J connectivity index is 1.86. The van der Waals surface area contributed by atoms with Gasteiger partial charge in [0.05, 0.1) is 18.3 Å². The summed E-state index contributed by atoms with van der Waals surface area (Å²) < 4.78 is 5.36. The van der Waals surface area contributed by atoms with Crippen LogP contribution >= 0.6 is 0 Å². The summed E-state index contributed by atoms with van der Waals surface area (Å²) in [6, 6.07) is 16.2. The second-order valence-corrected chi connectivity index (χ2v) is 5.12. The lowest BCUT2D eigenvalue weighted by atomic mass is 10.1. The van der Waals surface area contributed by atoms with Gasteiger partial charge in [-0.15, -0.1) is 0 Å². The van der Waals surface area contributed by atoms with Crippen LogP contribution in [0.2, 0.25) is 0 Å². The van der Waals surface area contributed by atoms with Crippen LogP contribution in [-0.2, 0) is 13.1 Å². The van der Waals surface area contributed by atoms with Crippen LogP contribution in [0.1, 0.15) is 11.1 Å². The number of pyridine rings is 1. The van der Waals surface area contributed by atoms with E-state index in [1.807, 2.05) is 24.3 Å².